The molecule has 1 aliphatic rings. The molecule has 0 aromatic carbocycles. The first-order valence-electron chi connectivity index (χ1n) is 7.14. The summed E-state index contributed by atoms with van der Waals surface area (Å²) in [6.07, 6.45) is 3.65. The average Bonchev–Trinajstić information content (AvgIpc) is 2.87. The summed E-state index contributed by atoms with van der Waals surface area (Å²) in [4.78, 5) is 13.6. The van der Waals surface area contributed by atoms with Gasteiger partial charge in [-0.2, -0.15) is 4.98 Å². The van der Waals surface area contributed by atoms with E-state index >= 15 is 0 Å². The quantitative estimate of drug-likeness (QED) is 0.792. The minimum Gasteiger partial charge on any atom is -0.356 e. The van der Waals surface area contributed by atoms with Crippen LogP contribution in [0.15, 0.2) is 6.07 Å². The largest absolute Gasteiger partial charge is 0.356 e. The third-order valence-electron chi connectivity index (χ3n) is 3.34. The van der Waals surface area contributed by atoms with Gasteiger partial charge in [-0.3, -0.25) is 0 Å². The molecule has 0 bridgehead atoms. The van der Waals surface area contributed by atoms with Crippen LogP contribution in [0.3, 0.4) is 0 Å². The van der Waals surface area contributed by atoms with Crippen molar-refractivity contribution in [2.75, 3.05) is 50.5 Å². The Morgan fingerprint density at radius 1 is 1.26 bits per heavy atom. The summed E-state index contributed by atoms with van der Waals surface area (Å²) in [7, 11) is 4.18. The highest BCUT2D eigenvalue weighted by Crippen LogP contribution is 2.19. The maximum absolute atomic E-state index is 4.62. The Morgan fingerprint density at radius 2 is 2.00 bits per heavy atom. The van der Waals surface area contributed by atoms with Crippen LogP contribution in [0.1, 0.15) is 25.0 Å². The van der Waals surface area contributed by atoms with Gasteiger partial charge in [0.1, 0.15) is 5.82 Å². The molecule has 0 aliphatic carbocycles. The molecule has 1 fully saturated rings. The van der Waals surface area contributed by atoms with E-state index in [2.05, 4.69) is 45.2 Å². The van der Waals surface area contributed by atoms with Crippen molar-refractivity contribution < 1.29 is 0 Å². The van der Waals surface area contributed by atoms with Crippen molar-refractivity contribution in [3.05, 3.63) is 11.8 Å². The van der Waals surface area contributed by atoms with Gasteiger partial charge in [0.2, 0.25) is 5.95 Å². The zero-order chi connectivity index (χ0) is 13.7. The van der Waals surface area contributed by atoms with Crippen LogP contribution in [0.2, 0.25) is 0 Å². The standard InChI is InChI=1S/C14H25N5/c1-12-11-13(19-9-4-5-10-19)17-14(16-12)15-7-6-8-18(2)3/h11H,4-10H2,1-3H3,(H,15,16,17). The molecule has 0 spiro atoms. The lowest BCUT2D eigenvalue weighted by molar-refractivity contribution is 0.405. The summed E-state index contributed by atoms with van der Waals surface area (Å²) in [6, 6.07) is 2.08. The molecule has 0 saturated carbocycles. The van der Waals surface area contributed by atoms with Gasteiger partial charge in [0.25, 0.3) is 0 Å². The SMILES string of the molecule is Cc1cc(N2CCCC2)nc(NCCCN(C)C)n1. The summed E-state index contributed by atoms with van der Waals surface area (Å²) in [6.45, 7) is 6.28. The van der Waals surface area contributed by atoms with Crippen molar-refractivity contribution in [1.29, 1.82) is 0 Å². The minimum absolute atomic E-state index is 0.764. The van der Waals surface area contributed by atoms with Gasteiger partial charge in [-0.05, 0) is 46.8 Å². The predicted molar refractivity (Wildman–Crippen MR) is 79.9 cm³/mol. The van der Waals surface area contributed by atoms with Gasteiger partial charge in [0, 0.05) is 31.4 Å². The van der Waals surface area contributed by atoms with Crippen LogP contribution >= 0.6 is 0 Å². The molecular formula is C14H25N5. The molecule has 19 heavy (non-hydrogen) atoms. The minimum atomic E-state index is 0.764. The van der Waals surface area contributed by atoms with Gasteiger partial charge in [0.15, 0.2) is 0 Å². The third kappa shape index (κ3) is 4.35. The fourth-order valence-electron chi connectivity index (χ4n) is 2.33. The van der Waals surface area contributed by atoms with Crippen molar-refractivity contribution in [3.63, 3.8) is 0 Å². The summed E-state index contributed by atoms with van der Waals surface area (Å²) >= 11 is 0. The summed E-state index contributed by atoms with van der Waals surface area (Å²) in [5.74, 6) is 1.83. The maximum Gasteiger partial charge on any atom is 0.224 e. The van der Waals surface area contributed by atoms with Crippen LogP contribution in [0.4, 0.5) is 11.8 Å². The maximum atomic E-state index is 4.62. The van der Waals surface area contributed by atoms with Gasteiger partial charge >= 0.3 is 0 Å². The van der Waals surface area contributed by atoms with E-state index in [4.69, 9.17) is 0 Å². The lowest BCUT2D eigenvalue weighted by Crippen LogP contribution is -2.21. The number of hydrogen-bond acceptors (Lipinski definition) is 5. The van der Waals surface area contributed by atoms with Crippen molar-refractivity contribution in [2.45, 2.75) is 26.2 Å². The fraction of sp³-hybridized carbons (Fsp3) is 0.714. The topological polar surface area (TPSA) is 44.3 Å². The molecule has 2 heterocycles. The van der Waals surface area contributed by atoms with E-state index in [1.807, 2.05) is 6.92 Å². The number of aromatic nitrogens is 2. The van der Waals surface area contributed by atoms with Gasteiger partial charge in [0.05, 0.1) is 0 Å². The van der Waals surface area contributed by atoms with E-state index in [1.54, 1.807) is 0 Å². The molecule has 1 aromatic heterocycles. The third-order valence-corrected chi connectivity index (χ3v) is 3.34. The molecule has 1 aromatic rings. The van der Waals surface area contributed by atoms with E-state index in [0.717, 1.165) is 50.1 Å². The Hall–Kier alpha value is -1.36. The highest BCUT2D eigenvalue weighted by atomic mass is 15.2. The normalized spacial score (nSPS) is 15.3. The van der Waals surface area contributed by atoms with Crippen molar-refractivity contribution in [1.82, 2.24) is 14.9 Å². The lowest BCUT2D eigenvalue weighted by Gasteiger charge is -2.18. The number of rotatable bonds is 6. The van der Waals surface area contributed by atoms with Gasteiger partial charge in [-0.1, -0.05) is 0 Å². The summed E-state index contributed by atoms with van der Waals surface area (Å²) < 4.78 is 0. The smallest absolute Gasteiger partial charge is 0.224 e. The Kier molecular flexibility index (Phi) is 4.96. The molecule has 0 amide bonds. The lowest BCUT2D eigenvalue weighted by atomic mass is 10.4. The zero-order valence-electron chi connectivity index (χ0n) is 12.3. The van der Waals surface area contributed by atoms with Crippen LogP contribution in [0.5, 0.6) is 0 Å². The second-order valence-electron chi connectivity index (χ2n) is 5.47. The molecule has 0 radical (unpaired) electrons. The van der Waals surface area contributed by atoms with Crippen LogP contribution in [0.25, 0.3) is 0 Å². The Labute approximate surface area is 116 Å². The molecule has 0 atom stereocenters. The molecular weight excluding hydrogens is 238 g/mol. The number of hydrogen-bond donors (Lipinski definition) is 1. The zero-order valence-corrected chi connectivity index (χ0v) is 12.3. The number of nitrogens with zero attached hydrogens (tertiary/aromatic N) is 4. The van der Waals surface area contributed by atoms with Crippen LogP contribution in [0, 0.1) is 6.92 Å². The average molecular weight is 263 g/mol. The predicted octanol–water partition coefficient (Wildman–Crippen LogP) is 1.75. The van der Waals surface area contributed by atoms with Crippen molar-refractivity contribution >= 4 is 11.8 Å². The van der Waals surface area contributed by atoms with E-state index < -0.39 is 0 Å². The molecule has 0 unspecified atom stereocenters. The number of aryl methyl sites for hydroxylation is 1. The first kappa shape index (κ1) is 14.1. The molecule has 1 aliphatic heterocycles. The van der Waals surface area contributed by atoms with E-state index in [1.165, 1.54) is 12.8 Å². The Bertz CT molecular complexity index is 399. The van der Waals surface area contributed by atoms with E-state index in [0.29, 0.717) is 0 Å². The number of anilines is 2. The first-order valence-corrected chi connectivity index (χ1v) is 7.14. The van der Waals surface area contributed by atoms with E-state index in [-0.39, 0.29) is 0 Å². The Balaban J connectivity index is 1.92. The monoisotopic (exact) mass is 263 g/mol. The van der Waals surface area contributed by atoms with E-state index in [9.17, 15) is 0 Å². The molecule has 5 heteroatoms. The van der Waals surface area contributed by atoms with Crippen LogP contribution in [-0.2, 0) is 0 Å². The molecule has 106 valence electrons. The highest BCUT2D eigenvalue weighted by molar-refractivity contribution is 5.45. The molecule has 1 saturated heterocycles. The fourth-order valence-corrected chi connectivity index (χ4v) is 2.33. The van der Waals surface area contributed by atoms with Crippen LogP contribution in [-0.4, -0.2) is 55.1 Å². The second kappa shape index (κ2) is 6.70. The summed E-state index contributed by atoms with van der Waals surface area (Å²) in [5, 5.41) is 3.33. The molecule has 5 nitrogen and oxygen atoms in total. The second-order valence-corrected chi connectivity index (χ2v) is 5.47. The molecule has 1 N–H and O–H groups in total. The summed E-state index contributed by atoms with van der Waals surface area (Å²) in [5.41, 5.74) is 1.03. The van der Waals surface area contributed by atoms with Crippen molar-refractivity contribution in [3.8, 4) is 0 Å². The first-order chi connectivity index (χ1) is 9.15. The number of nitrogens with one attached hydrogen (secondary N) is 1. The molecule has 2 rings (SSSR count). The Morgan fingerprint density at radius 3 is 2.68 bits per heavy atom. The highest BCUT2D eigenvalue weighted by Gasteiger charge is 2.14. The van der Waals surface area contributed by atoms with Gasteiger partial charge in [-0.15, -0.1) is 0 Å². The van der Waals surface area contributed by atoms with Crippen molar-refractivity contribution in [2.24, 2.45) is 0 Å². The van der Waals surface area contributed by atoms with Gasteiger partial charge in [-0.25, -0.2) is 4.98 Å². The van der Waals surface area contributed by atoms with Gasteiger partial charge < -0.3 is 15.1 Å². The van der Waals surface area contributed by atoms with Crippen LogP contribution < -0.4 is 10.2 Å².